The first-order chi connectivity index (χ1) is 8.44. The van der Waals surface area contributed by atoms with Gasteiger partial charge in [-0.2, -0.15) is 0 Å². The lowest BCUT2D eigenvalue weighted by Gasteiger charge is -2.30. The molecule has 1 fully saturated rings. The largest absolute Gasteiger partial charge is 0.385 e. The Labute approximate surface area is 111 Å². The Hall–Kier alpha value is -0.610. The van der Waals surface area contributed by atoms with Crippen LogP contribution in [0.4, 0.5) is 0 Å². The number of nitrogens with one attached hydrogen (secondary N) is 2. The fourth-order valence-corrected chi connectivity index (χ4v) is 2.26. The van der Waals surface area contributed by atoms with Crippen LogP contribution >= 0.6 is 0 Å². The smallest absolute Gasteiger partial charge is 0.237 e. The molecule has 1 amide bonds. The Balaban J connectivity index is 2.31. The van der Waals surface area contributed by atoms with E-state index in [0.717, 1.165) is 25.9 Å². The van der Waals surface area contributed by atoms with Crippen molar-refractivity contribution in [3.05, 3.63) is 0 Å². The topological polar surface area (TPSA) is 50.4 Å². The van der Waals surface area contributed by atoms with Gasteiger partial charge in [-0.25, -0.2) is 0 Å². The van der Waals surface area contributed by atoms with Crippen LogP contribution in [0.5, 0.6) is 0 Å². The first-order valence-corrected chi connectivity index (χ1v) is 6.97. The molecule has 0 aromatic carbocycles. The van der Waals surface area contributed by atoms with Gasteiger partial charge in [0.25, 0.3) is 0 Å². The quantitative estimate of drug-likeness (QED) is 0.760. The highest BCUT2D eigenvalue weighted by molar-refractivity contribution is 5.81. The van der Waals surface area contributed by atoms with Crippen molar-refractivity contribution in [1.82, 2.24) is 10.6 Å². The Bertz CT molecular complexity index is 267. The number of hydrogen-bond donors (Lipinski definition) is 2. The van der Waals surface area contributed by atoms with Crippen molar-refractivity contribution >= 4 is 5.91 Å². The van der Waals surface area contributed by atoms with Crippen LogP contribution in [0.15, 0.2) is 0 Å². The number of piperidine rings is 1. The molecule has 0 aliphatic carbocycles. The van der Waals surface area contributed by atoms with Gasteiger partial charge < -0.3 is 15.4 Å². The third-order valence-electron chi connectivity index (χ3n) is 3.66. The van der Waals surface area contributed by atoms with Gasteiger partial charge in [0.1, 0.15) is 0 Å². The number of hydrogen-bond acceptors (Lipinski definition) is 3. The standard InChI is InChI=1S/C14H28N2O2/c1-11-6-5-7-12(16-11)13(17)15-10-14(2,3)8-9-18-4/h11-12,16H,5-10H2,1-4H3,(H,15,17). The van der Waals surface area contributed by atoms with Crippen molar-refractivity contribution in [2.75, 3.05) is 20.3 Å². The van der Waals surface area contributed by atoms with E-state index in [1.165, 1.54) is 6.42 Å². The summed E-state index contributed by atoms with van der Waals surface area (Å²) in [6.45, 7) is 7.90. The third-order valence-corrected chi connectivity index (χ3v) is 3.66. The van der Waals surface area contributed by atoms with Gasteiger partial charge >= 0.3 is 0 Å². The molecule has 1 aliphatic heterocycles. The average Bonchev–Trinajstić information content (AvgIpc) is 2.34. The van der Waals surface area contributed by atoms with E-state index in [2.05, 4.69) is 31.4 Å². The fraction of sp³-hybridized carbons (Fsp3) is 0.929. The Kier molecular flexibility index (Phi) is 6.09. The molecule has 106 valence electrons. The molecule has 1 heterocycles. The highest BCUT2D eigenvalue weighted by Crippen LogP contribution is 2.19. The zero-order chi connectivity index (χ0) is 13.6. The summed E-state index contributed by atoms with van der Waals surface area (Å²) in [5, 5.41) is 6.42. The first-order valence-electron chi connectivity index (χ1n) is 6.97. The number of rotatable bonds is 6. The summed E-state index contributed by atoms with van der Waals surface area (Å²) < 4.78 is 5.09. The monoisotopic (exact) mass is 256 g/mol. The summed E-state index contributed by atoms with van der Waals surface area (Å²) in [5.41, 5.74) is 0.0892. The minimum Gasteiger partial charge on any atom is -0.385 e. The van der Waals surface area contributed by atoms with Crippen LogP contribution in [-0.4, -0.2) is 38.3 Å². The second-order valence-electron chi connectivity index (χ2n) is 6.18. The normalized spacial score (nSPS) is 24.9. The van der Waals surface area contributed by atoms with Crippen molar-refractivity contribution in [2.24, 2.45) is 5.41 Å². The number of methoxy groups -OCH3 is 1. The Morgan fingerprint density at radius 2 is 2.17 bits per heavy atom. The summed E-state index contributed by atoms with van der Waals surface area (Å²) in [6.07, 6.45) is 4.22. The van der Waals surface area contributed by atoms with Gasteiger partial charge in [0.15, 0.2) is 0 Å². The van der Waals surface area contributed by atoms with Gasteiger partial charge in [0.2, 0.25) is 5.91 Å². The van der Waals surface area contributed by atoms with Gasteiger partial charge in [-0.15, -0.1) is 0 Å². The van der Waals surface area contributed by atoms with Gasteiger partial charge in [-0.1, -0.05) is 13.8 Å². The van der Waals surface area contributed by atoms with Crippen molar-refractivity contribution < 1.29 is 9.53 Å². The molecule has 2 atom stereocenters. The van der Waals surface area contributed by atoms with Crippen LogP contribution < -0.4 is 10.6 Å². The number of carbonyl (C=O) groups excluding carboxylic acids is 1. The summed E-state index contributed by atoms with van der Waals surface area (Å²) in [4.78, 5) is 12.1. The van der Waals surface area contributed by atoms with Crippen molar-refractivity contribution in [1.29, 1.82) is 0 Å². The van der Waals surface area contributed by atoms with Gasteiger partial charge in [-0.05, 0) is 38.0 Å². The van der Waals surface area contributed by atoms with Crippen molar-refractivity contribution in [3.8, 4) is 0 Å². The zero-order valence-electron chi connectivity index (χ0n) is 12.2. The molecular weight excluding hydrogens is 228 g/mol. The highest BCUT2D eigenvalue weighted by atomic mass is 16.5. The van der Waals surface area contributed by atoms with E-state index in [0.29, 0.717) is 12.6 Å². The minimum atomic E-state index is -0.00743. The molecule has 1 rings (SSSR count). The van der Waals surface area contributed by atoms with E-state index in [4.69, 9.17) is 4.74 Å². The minimum absolute atomic E-state index is 0.00743. The summed E-state index contributed by atoms with van der Waals surface area (Å²) >= 11 is 0. The van der Waals surface area contributed by atoms with E-state index < -0.39 is 0 Å². The second kappa shape index (κ2) is 7.10. The molecule has 4 heteroatoms. The lowest BCUT2D eigenvalue weighted by Crippen LogP contribution is -2.51. The number of amides is 1. The first kappa shape index (κ1) is 15.4. The predicted octanol–water partition coefficient (Wildman–Crippen LogP) is 1.70. The maximum Gasteiger partial charge on any atom is 0.237 e. The number of ether oxygens (including phenoxy) is 1. The Morgan fingerprint density at radius 3 is 2.78 bits per heavy atom. The van der Waals surface area contributed by atoms with Crippen LogP contribution in [0.1, 0.15) is 46.5 Å². The third kappa shape index (κ3) is 5.36. The lowest BCUT2D eigenvalue weighted by atomic mass is 9.89. The van der Waals surface area contributed by atoms with Gasteiger partial charge in [-0.3, -0.25) is 4.79 Å². The Morgan fingerprint density at radius 1 is 1.44 bits per heavy atom. The summed E-state index contributed by atoms with van der Waals surface area (Å²) in [6, 6.07) is 0.447. The van der Waals surface area contributed by atoms with E-state index in [9.17, 15) is 4.79 Å². The fourth-order valence-electron chi connectivity index (χ4n) is 2.26. The summed E-state index contributed by atoms with van der Waals surface area (Å²) in [5.74, 6) is 0.145. The highest BCUT2D eigenvalue weighted by Gasteiger charge is 2.25. The van der Waals surface area contributed by atoms with Crippen LogP contribution in [0.2, 0.25) is 0 Å². The van der Waals surface area contributed by atoms with Crippen LogP contribution in [0, 0.1) is 5.41 Å². The molecule has 0 bridgehead atoms. The molecule has 1 aliphatic rings. The zero-order valence-corrected chi connectivity index (χ0v) is 12.2. The molecule has 2 N–H and O–H groups in total. The maximum atomic E-state index is 12.1. The van der Waals surface area contributed by atoms with Crippen LogP contribution in [-0.2, 0) is 9.53 Å². The van der Waals surface area contributed by atoms with Gasteiger partial charge in [0.05, 0.1) is 6.04 Å². The molecule has 4 nitrogen and oxygen atoms in total. The van der Waals surface area contributed by atoms with Crippen molar-refractivity contribution in [2.45, 2.75) is 58.5 Å². The van der Waals surface area contributed by atoms with E-state index in [1.54, 1.807) is 7.11 Å². The SMILES string of the molecule is COCCC(C)(C)CNC(=O)C1CCCC(C)N1. The molecule has 0 aromatic rings. The molecule has 0 radical (unpaired) electrons. The van der Waals surface area contributed by atoms with E-state index in [1.807, 2.05) is 0 Å². The molecule has 0 aromatic heterocycles. The van der Waals surface area contributed by atoms with E-state index >= 15 is 0 Å². The molecule has 0 saturated carbocycles. The lowest BCUT2D eigenvalue weighted by molar-refractivity contribution is -0.124. The van der Waals surface area contributed by atoms with Crippen LogP contribution in [0.3, 0.4) is 0 Å². The molecular formula is C14H28N2O2. The van der Waals surface area contributed by atoms with Crippen LogP contribution in [0.25, 0.3) is 0 Å². The summed E-state index contributed by atoms with van der Waals surface area (Å²) in [7, 11) is 1.71. The van der Waals surface area contributed by atoms with Gasteiger partial charge in [0, 0.05) is 26.3 Å². The molecule has 18 heavy (non-hydrogen) atoms. The molecule has 0 spiro atoms. The van der Waals surface area contributed by atoms with E-state index in [-0.39, 0.29) is 17.4 Å². The average molecular weight is 256 g/mol. The molecule has 1 saturated heterocycles. The predicted molar refractivity (Wildman–Crippen MR) is 73.5 cm³/mol. The van der Waals surface area contributed by atoms with Crippen molar-refractivity contribution in [3.63, 3.8) is 0 Å². The molecule has 2 unspecified atom stereocenters. The maximum absolute atomic E-state index is 12.1. The number of carbonyl (C=O) groups is 1. The second-order valence-corrected chi connectivity index (χ2v) is 6.18.